The molecular formula is C28H34N4O3S. The molecule has 0 amide bonds. The first-order chi connectivity index (χ1) is 17.0. The Morgan fingerprint density at radius 1 is 1.14 bits per heavy atom. The monoisotopic (exact) mass is 506 g/mol. The molecule has 2 aliphatic carbocycles. The number of hydrogen-bond donors (Lipinski definition) is 3. The van der Waals surface area contributed by atoms with E-state index >= 15 is 0 Å². The van der Waals surface area contributed by atoms with E-state index < -0.39 is 22.4 Å². The fourth-order valence-electron chi connectivity index (χ4n) is 5.50. The van der Waals surface area contributed by atoms with Crippen molar-refractivity contribution in [3.05, 3.63) is 52.9 Å². The van der Waals surface area contributed by atoms with E-state index in [9.17, 15) is 15.0 Å². The Morgan fingerprint density at radius 2 is 1.92 bits per heavy atom. The molecule has 2 aliphatic rings. The van der Waals surface area contributed by atoms with Crippen molar-refractivity contribution in [3.63, 3.8) is 0 Å². The van der Waals surface area contributed by atoms with Crippen molar-refractivity contribution in [2.24, 2.45) is 10.8 Å². The molecule has 0 spiro atoms. The molecule has 2 saturated carbocycles. The number of aromatic nitrogens is 3. The lowest BCUT2D eigenvalue weighted by Gasteiger charge is -2.50. The van der Waals surface area contributed by atoms with Gasteiger partial charge in [-0.05, 0) is 80.7 Å². The highest BCUT2D eigenvalue weighted by atomic mass is 32.1. The minimum Gasteiger partial charge on any atom is -0.481 e. The Hall–Kier alpha value is -2.84. The Kier molecular flexibility index (Phi) is 6.16. The van der Waals surface area contributed by atoms with E-state index in [1.54, 1.807) is 6.92 Å². The molecule has 7 nitrogen and oxygen atoms in total. The molecule has 2 heterocycles. The molecule has 2 atom stereocenters. The second-order valence-electron chi connectivity index (χ2n) is 11.4. The molecule has 0 saturated heterocycles. The minimum atomic E-state index is -1.14. The molecule has 3 N–H and O–H groups in total. The maximum absolute atomic E-state index is 12.0. The van der Waals surface area contributed by atoms with Crippen LogP contribution in [-0.4, -0.2) is 31.1 Å². The highest BCUT2D eigenvalue weighted by molar-refractivity contribution is 7.15. The maximum Gasteiger partial charge on any atom is 0.309 e. The summed E-state index contributed by atoms with van der Waals surface area (Å²) >= 11 is 1.47. The molecule has 0 aliphatic heterocycles. The topological polar surface area (TPSA) is 108 Å². The van der Waals surface area contributed by atoms with Crippen LogP contribution >= 0.6 is 11.3 Å². The molecule has 190 valence electrons. The average molecular weight is 507 g/mol. The second kappa shape index (κ2) is 8.92. The largest absolute Gasteiger partial charge is 0.481 e. The van der Waals surface area contributed by atoms with Crippen LogP contribution in [0.15, 0.2) is 36.7 Å². The number of rotatable bonds is 6. The minimum absolute atomic E-state index is 0.352. The molecule has 5 rings (SSSR count). The first-order valence-corrected chi connectivity index (χ1v) is 13.4. The van der Waals surface area contributed by atoms with Crippen molar-refractivity contribution in [1.82, 2.24) is 15.0 Å². The molecule has 0 bridgehead atoms. The second-order valence-corrected chi connectivity index (χ2v) is 12.4. The number of nitrogens with one attached hydrogen (secondary N) is 1. The van der Waals surface area contributed by atoms with Gasteiger partial charge in [-0.2, -0.15) is 0 Å². The van der Waals surface area contributed by atoms with Crippen LogP contribution in [0.5, 0.6) is 0 Å². The lowest BCUT2D eigenvalue weighted by atomic mass is 9.55. The molecule has 0 radical (unpaired) electrons. The van der Waals surface area contributed by atoms with Crippen LogP contribution < -0.4 is 5.32 Å². The number of hydrogen-bond acceptors (Lipinski definition) is 7. The number of nitrogens with zero attached hydrogens (tertiary/aromatic N) is 3. The van der Waals surface area contributed by atoms with Gasteiger partial charge in [-0.3, -0.25) is 4.79 Å². The number of aryl methyl sites for hydroxylation is 1. The summed E-state index contributed by atoms with van der Waals surface area (Å²) in [6.07, 6.45) is 8.40. The van der Waals surface area contributed by atoms with Crippen LogP contribution in [0.25, 0.3) is 10.4 Å². The van der Waals surface area contributed by atoms with Crippen LogP contribution in [0.4, 0.5) is 11.6 Å². The van der Waals surface area contributed by atoms with Gasteiger partial charge >= 0.3 is 5.97 Å². The van der Waals surface area contributed by atoms with Gasteiger partial charge < -0.3 is 15.5 Å². The SMILES string of the molecule is Cc1cc(Nc2nccc(C3CCC3)n2)cc(-c2cnc([C@@]3(O)CC[C@](C)(C(=O)O)C(C)(C)C3)s2)c1. The van der Waals surface area contributed by atoms with E-state index in [0.29, 0.717) is 36.1 Å². The van der Waals surface area contributed by atoms with E-state index in [0.717, 1.165) is 27.4 Å². The fraction of sp³-hybridized carbons (Fsp3) is 0.500. The van der Waals surface area contributed by atoms with Gasteiger partial charge in [-0.1, -0.05) is 26.3 Å². The Bertz CT molecular complexity index is 1300. The first kappa shape index (κ1) is 24.8. The first-order valence-electron chi connectivity index (χ1n) is 12.6. The number of carbonyl (C=O) groups is 1. The lowest BCUT2D eigenvalue weighted by Crippen LogP contribution is -2.51. The maximum atomic E-state index is 12.0. The van der Waals surface area contributed by atoms with Crippen LogP contribution in [0.1, 0.15) is 81.5 Å². The van der Waals surface area contributed by atoms with Crippen molar-refractivity contribution in [2.75, 3.05) is 5.32 Å². The molecule has 2 fully saturated rings. The van der Waals surface area contributed by atoms with E-state index in [4.69, 9.17) is 4.98 Å². The fourth-order valence-corrected chi connectivity index (χ4v) is 6.52. The van der Waals surface area contributed by atoms with E-state index in [1.165, 1.54) is 30.6 Å². The Labute approximate surface area is 216 Å². The summed E-state index contributed by atoms with van der Waals surface area (Å²) in [5, 5.41) is 25.4. The van der Waals surface area contributed by atoms with E-state index in [2.05, 4.69) is 33.5 Å². The summed E-state index contributed by atoms with van der Waals surface area (Å²) < 4.78 is 0. The van der Waals surface area contributed by atoms with Crippen molar-refractivity contribution < 1.29 is 15.0 Å². The Balaban J connectivity index is 1.38. The van der Waals surface area contributed by atoms with E-state index in [-0.39, 0.29) is 0 Å². The number of carboxylic acids is 1. The normalized spacial score (nSPS) is 25.8. The molecule has 8 heteroatoms. The standard InChI is InChI=1S/C28H34N4O3S/c1-17-12-19(14-20(13-17)31-25-29-11-8-21(32-25)18-6-5-7-18)22-15-30-23(36-22)28(35)10-9-27(4,24(33)34)26(2,3)16-28/h8,11-15,18,35H,5-7,9-10,16H2,1-4H3,(H,33,34)(H,29,31,32)/t27-,28-/m1/s1. The van der Waals surface area contributed by atoms with Gasteiger partial charge in [-0.15, -0.1) is 11.3 Å². The zero-order valence-corrected chi connectivity index (χ0v) is 22.2. The molecular weight excluding hydrogens is 472 g/mol. The number of aliphatic hydroxyl groups is 1. The zero-order valence-electron chi connectivity index (χ0n) is 21.3. The van der Waals surface area contributed by atoms with Crippen LogP contribution in [-0.2, 0) is 10.4 Å². The third-order valence-electron chi connectivity index (χ3n) is 8.46. The third kappa shape index (κ3) is 4.41. The van der Waals surface area contributed by atoms with Crippen LogP contribution in [0, 0.1) is 17.8 Å². The van der Waals surface area contributed by atoms with Gasteiger partial charge in [0.25, 0.3) is 0 Å². The number of aliphatic carboxylic acids is 1. The van der Waals surface area contributed by atoms with Gasteiger partial charge in [0.15, 0.2) is 0 Å². The van der Waals surface area contributed by atoms with Crippen molar-refractivity contribution >= 4 is 28.9 Å². The summed E-state index contributed by atoms with van der Waals surface area (Å²) in [4.78, 5) is 26.7. The van der Waals surface area contributed by atoms with Crippen molar-refractivity contribution in [3.8, 4) is 10.4 Å². The molecule has 0 unspecified atom stereocenters. The summed E-state index contributed by atoms with van der Waals surface area (Å²) in [5.74, 6) is 0.332. The van der Waals surface area contributed by atoms with E-state index in [1.807, 2.05) is 39.2 Å². The number of thiazole rings is 1. The summed E-state index contributed by atoms with van der Waals surface area (Å²) in [6.45, 7) is 7.70. The predicted octanol–water partition coefficient (Wildman–Crippen LogP) is 6.41. The molecule has 2 aromatic heterocycles. The average Bonchev–Trinajstić information content (AvgIpc) is 3.26. The number of benzene rings is 1. The number of carboxylic acid groups (broad SMARTS) is 1. The van der Waals surface area contributed by atoms with Crippen molar-refractivity contribution in [2.45, 2.75) is 77.7 Å². The summed E-state index contributed by atoms with van der Waals surface area (Å²) in [6, 6.07) is 8.23. The highest BCUT2D eigenvalue weighted by Crippen LogP contribution is 2.57. The zero-order chi connectivity index (χ0) is 25.7. The summed E-state index contributed by atoms with van der Waals surface area (Å²) in [5.41, 5.74) is 1.50. The van der Waals surface area contributed by atoms with Gasteiger partial charge in [0.2, 0.25) is 5.95 Å². The van der Waals surface area contributed by atoms with Crippen LogP contribution in [0.3, 0.4) is 0 Å². The Morgan fingerprint density at radius 3 is 2.58 bits per heavy atom. The highest BCUT2D eigenvalue weighted by Gasteiger charge is 2.56. The van der Waals surface area contributed by atoms with Gasteiger partial charge in [0.05, 0.1) is 10.3 Å². The molecule has 36 heavy (non-hydrogen) atoms. The van der Waals surface area contributed by atoms with Crippen molar-refractivity contribution in [1.29, 1.82) is 0 Å². The van der Waals surface area contributed by atoms with Gasteiger partial charge in [0, 0.05) is 29.7 Å². The quantitative estimate of drug-likeness (QED) is 0.354. The third-order valence-corrected chi connectivity index (χ3v) is 9.70. The number of anilines is 2. The smallest absolute Gasteiger partial charge is 0.309 e. The molecule has 1 aromatic carbocycles. The van der Waals surface area contributed by atoms with Crippen LogP contribution in [0.2, 0.25) is 0 Å². The van der Waals surface area contributed by atoms with Gasteiger partial charge in [0.1, 0.15) is 10.6 Å². The lowest BCUT2D eigenvalue weighted by molar-refractivity contribution is -0.170. The summed E-state index contributed by atoms with van der Waals surface area (Å²) in [7, 11) is 0. The predicted molar refractivity (Wildman–Crippen MR) is 141 cm³/mol. The van der Waals surface area contributed by atoms with Gasteiger partial charge in [-0.25, -0.2) is 15.0 Å². The molecule has 3 aromatic rings.